The van der Waals surface area contributed by atoms with Crippen molar-refractivity contribution in [2.75, 3.05) is 0 Å². The molecule has 1 aromatic carbocycles. The highest BCUT2D eigenvalue weighted by Crippen LogP contribution is 2.22. The zero-order chi connectivity index (χ0) is 14.5. The van der Waals surface area contributed by atoms with Gasteiger partial charge in [-0.25, -0.2) is 0 Å². The van der Waals surface area contributed by atoms with Crippen molar-refractivity contribution < 1.29 is 9.59 Å². The van der Waals surface area contributed by atoms with Gasteiger partial charge in [-0.3, -0.25) is 9.59 Å². The number of nitrogens with two attached hydrogens (primary N) is 1. The molecule has 1 aromatic rings. The van der Waals surface area contributed by atoms with E-state index in [1.807, 2.05) is 18.2 Å². The lowest BCUT2D eigenvalue weighted by Crippen LogP contribution is -2.40. The molecular weight excluding hydrogens is 320 g/mol. The van der Waals surface area contributed by atoms with Gasteiger partial charge >= 0.3 is 0 Å². The number of rotatable bonds is 4. The third-order valence-electron chi connectivity index (χ3n) is 3.39. The molecule has 3 N–H and O–H groups in total. The molecule has 0 radical (unpaired) electrons. The van der Waals surface area contributed by atoms with Crippen LogP contribution in [-0.4, -0.2) is 11.8 Å². The molecule has 0 bridgehead atoms. The average molecular weight is 337 g/mol. The average Bonchev–Trinajstić information content (AvgIpc) is 2.45. The summed E-state index contributed by atoms with van der Waals surface area (Å²) < 4.78 is 0.844. The van der Waals surface area contributed by atoms with Gasteiger partial charge in [0.15, 0.2) is 0 Å². The van der Waals surface area contributed by atoms with Crippen molar-refractivity contribution in [1.29, 1.82) is 0 Å². The summed E-state index contributed by atoms with van der Waals surface area (Å²) in [5.41, 5.74) is 6.10. The number of benzene rings is 1. The van der Waals surface area contributed by atoms with Gasteiger partial charge in [-0.2, -0.15) is 0 Å². The zero-order valence-electron chi connectivity index (χ0n) is 11.0. The first kappa shape index (κ1) is 14.8. The van der Waals surface area contributed by atoms with Gasteiger partial charge in [0.1, 0.15) is 6.04 Å². The third-order valence-corrected chi connectivity index (χ3v) is 3.89. The largest absolute Gasteiger partial charge is 0.368 e. The highest BCUT2D eigenvalue weighted by Gasteiger charge is 2.25. The summed E-state index contributed by atoms with van der Waals surface area (Å²) in [6.07, 6.45) is 6.51. The van der Waals surface area contributed by atoms with E-state index in [1.165, 1.54) is 0 Å². The number of allylic oxidation sites excluding steroid dienone is 2. The van der Waals surface area contributed by atoms with Crippen LogP contribution in [0.3, 0.4) is 0 Å². The molecule has 0 aromatic heterocycles. The van der Waals surface area contributed by atoms with E-state index in [4.69, 9.17) is 5.73 Å². The van der Waals surface area contributed by atoms with Gasteiger partial charge in [0, 0.05) is 10.4 Å². The molecule has 1 aliphatic rings. The lowest BCUT2D eigenvalue weighted by atomic mass is 9.93. The number of nitrogens with one attached hydrogen (secondary N) is 1. The minimum atomic E-state index is -0.786. The standard InChI is InChI=1S/C15H17BrN2O2/c16-12-8-4-7-11(9-12)13(14(17)19)18-15(20)10-5-2-1-3-6-10/h1-2,4,7-10,13H,3,5-6H2,(H2,17,19)(H,18,20). The van der Waals surface area contributed by atoms with Crippen LogP contribution in [0.4, 0.5) is 0 Å². The van der Waals surface area contributed by atoms with E-state index in [0.29, 0.717) is 5.56 Å². The second-order valence-electron chi connectivity index (χ2n) is 4.88. The molecule has 1 aliphatic carbocycles. The van der Waals surface area contributed by atoms with Gasteiger partial charge in [0.05, 0.1) is 0 Å². The molecule has 0 saturated heterocycles. The zero-order valence-corrected chi connectivity index (χ0v) is 12.6. The Hall–Kier alpha value is -1.62. The fourth-order valence-electron chi connectivity index (χ4n) is 2.30. The monoisotopic (exact) mass is 336 g/mol. The van der Waals surface area contributed by atoms with Gasteiger partial charge in [-0.15, -0.1) is 0 Å². The van der Waals surface area contributed by atoms with Crippen molar-refractivity contribution in [2.45, 2.75) is 25.3 Å². The smallest absolute Gasteiger partial charge is 0.244 e. The van der Waals surface area contributed by atoms with Crippen molar-refractivity contribution in [3.63, 3.8) is 0 Å². The van der Waals surface area contributed by atoms with Crippen LogP contribution < -0.4 is 11.1 Å². The number of halogens is 1. The number of hydrogen-bond acceptors (Lipinski definition) is 2. The Balaban J connectivity index is 2.11. The summed E-state index contributed by atoms with van der Waals surface area (Å²) in [5.74, 6) is -0.741. The van der Waals surface area contributed by atoms with Crippen molar-refractivity contribution in [3.8, 4) is 0 Å². The van der Waals surface area contributed by atoms with Gasteiger partial charge in [0.2, 0.25) is 11.8 Å². The van der Waals surface area contributed by atoms with E-state index in [0.717, 1.165) is 23.7 Å². The molecule has 106 valence electrons. The van der Waals surface area contributed by atoms with Crippen molar-refractivity contribution >= 4 is 27.7 Å². The summed E-state index contributed by atoms with van der Waals surface area (Å²) in [6.45, 7) is 0. The third kappa shape index (κ3) is 3.70. The molecule has 2 amide bonds. The Bertz CT molecular complexity index is 542. The van der Waals surface area contributed by atoms with Crippen LogP contribution in [-0.2, 0) is 9.59 Å². The van der Waals surface area contributed by atoms with E-state index >= 15 is 0 Å². The Morgan fingerprint density at radius 1 is 1.35 bits per heavy atom. The van der Waals surface area contributed by atoms with Crippen LogP contribution in [0, 0.1) is 5.92 Å². The van der Waals surface area contributed by atoms with Gasteiger partial charge in [-0.1, -0.05) is 40.2 Å². The number of amides is 2. The number of carbonyl (C=O) groups is 2. The number of carbonyl (C=O) groups excluding carboxylic acids is 2. The summed E-state index contributed by atoms with van der Waals surface area (Å²) in [4.78, 5) is 23.8. The minimum Gasteiger partial charge on any atom is -0.368 e. The normalized spacial score (nSPS) is 19.4. The van der Waals surface area contributed by atoms with Gasteiger partial charge in [-0.05, 0) is 37.0 Å². The summed E-state index contributed by atoms with van der Waals surface area (Å²) in [5, 5.41) is 2.76. The first-order valence-corrected chi connectivity index (χ1v) is 7.37. The Morgan fingerprint density at radius 3 is 2.75 bits per heavy atom. The highest BCUT2D eigenvalue weighted by atomic mass is 79.9. The maximum absolute atomic E-state index is 12.2. The van der Waals surface area contributed by atoms with E-state index in [9.17, 15) is 9.59 Å². The molecular formula is C15H17BrN2O2. The van der Waals surface area contributed by atoms with E-state index in [2.05, 4.69) is 27.3 Å². The highest BCUT2D eigenvalue weighted by molar-refractivity contribution is 9.10. The Kier molecular flexibility index (Phi) is 4.95. The van der Waals surface area contributed by atoms with Gasteiger partial charge < -0.3 is 11.1 Å². The van der Waals surface area contributed by atoms with Crippen molar-refractivity contribution in [1.82, 2.24) is 5.32 Å². The van der Waals surface area contributed by atoms with E-state index in [-0.39, 0.29) is 11.8 Å². The van der Waals surface area contributed by atoms with E-state index in [1.54, 1.807) is 12.1 Å². The molecule has 0 saturated carbocycles. The molecule has 0 spiro atoms. The predicted molar refractivity (Wildman–Crippen MR) is 80.7 cm³/mol. The first-order valence-electron chi connectivity index (χ1n) is 6.58. The van der Waals surface area contributed by atoms with Crippen LogP contribution in [0.15, 0.2) is 40.9 Å². The van der Waals surface area contributed by atoms with Crippen LogP contribution >= 0.6 is 15.9 Å². The second kappa shape index (κ2) is 6.70. The summed E-state index contributed by atoms with van der Waals surface area (Å²) >= 11 is 3.35. The second-order valence-corrected chi connectivity index (χ2v) is 5.80. The predicted octanol–water partition coefficient (Wildman–Crippen LogP) is 2.45. The molecule has 0 fully saturated rings. The fourth-order valence-corrected chi connectivity index (χ4v) is 2.71. The molecule has 20 heavy (non-hydrogen) atoms. The van der Waals surface area contributed by atoms with Crippen LogP contribution in [0.2, 0.25) is 0 Å². The Morgan fingerprint density at radius 2 is 2.15 bits per heavy atom. The Labute approximate surface area is 126 Å². The molecule has 5 heteroatoms. The number of hydrogen-bond donors (Lipinski definition) is 2. The lowest BCUT2D eigenvalue weighted by Gasteiger charge is -2.21. The maximum atomic E-state index is 12.2. The van der Waals surface area contributed by atoms with Crippen molar-refractivity contribution in [2.24, 2.45) is 11.7 Å². The topological polar surface area (TPSA) is 72.2 Å². The molecule has 0 aliphatic heterocycles. The first-order chi connectivity index (χ1) is 9.58. The maximum Gasteiger partial charge on any atom is 0.244 e. The molecule has 0 heterocycles. The fraction of sp³-hybridized carbons (Fsp3) is 0.333. The quantitative estimate of drug-likeness (QED) is 0.829. The summed E-state index contributed by atoms with van der Waals surface area (Å²) in [7, 11) is 0. The van der Waals surface area contributed by atoms with Crippen LogP contribution in [0.25, 0.3) is 0 Å². The molecule has 2 rings (SSSR count). The molecule has 4 nitrogen and oxygen atoms in total. The molecule has 2 unspecified atom stereocenters. The van der Waals surface area contributed by atoms with Crippen molar-refractivity contribution in [3.05, 3.63) is 46.5 Å². The molecule has 2 atom stereocenters. The summed E-state index contributed by atoms with van der Waals surface area (Å²) in [6, 6.07) is 6.45. The SMILES string of the molecule is NC(=O)C(NC(=O)C1CC=CCC1)c1cccc(Br)c1. The van der Waals surface area contributed by atoms with Gasteiger partial charge in [0.25, 0.3) is 0 Å². The van der Waals surface area contributed by atoms with Crippen LogP contribution in [0.1, 0.15) is 30.9 Å². The lowest BCUT2D eigenvalue weighted by molar-refractivity contribution is -0.130. The van der Waals surface area contributed by atoms with Crippen LogP contribution in [0.5, 0.6) is 0 Å². The number of primary amides is 1. The minimum absolute atomic E-state index is 0.0750. The van der Waals surface area contributed by atoms with E-state index < -0.39 is 11.9 Å².